The highest BCUT2D eigenvalue weighted by Crippen LogP contribution is 2.25. The molecule has 0 aromatic heterocycles. The van der Waals surface area contributed by atoms with E-state index in [9.17, 15) is 14.0 Å². The van der Waals surface area contributed by atoms with Crippen LogP contribution in [-0.2, 0) is 20.9 Å². The van der Waals surface area contributed by atoms with E-state index in [1.54, 1.807) is 28.0 Å². The van der Waals surface area contributed by atoms with Crippen LogP contribution in [0.4, 0.5) is 4.39 Å². The maximum atomic E-state index is 13.9. The van der Waals surface area contributed by atoms with Crippen molar-refractivity contribution in [2.24, 2.45) is 5.92 Å². The summed E-state index contributed by atoms with van der Waals surface area (Å²) in [4.78, 5) is 31.5. The standard InChI is InChI=1S/C22H30FN3O3/c23-20-6-2-1-4-17(20)14-25-10-11-26(16-21(25)27)22(28)18-5-3-9-24(15-18)19-7-12-29-13-8-19/h1-2,4,6,18-19H,3,5,7-16H2. The Morgan fingerprint density at radius 3 is 2.66 bits per heavy atom. The number of nitrogens with zero attached hydrogens (tertiary/aromatic N) is 3. The van der Waals surface area contributed by atoms with Gasteiger partial charge in [-0.1, -0.05) is 18.2 Å². The lowest BCUT2D eigenvalue weighted by molar-refractivity contribution is -0.149. The average molecular weight is 403 g/mol. The van der Waals surface area contributed by atoms with E-state index in [0.717, 1.165) is 52.0 Å². The molecule has 0 saturated carbocycles. The molecule has 0 radical (unpaired) electrons. The number of likely N-dealkylation sites (tertiary alicyclic amines) is 1. The second-order valence-electron chi connectivity index (χ2n) is 8.34. The smallest absolute Gasteiger partial charge is 0.242 e. The molecule has 3 aliphatic heterocycles. The largest absolute Gasteiger partial charge is 0.381 e. The summed E-state index contributed by atoms with van der Waals surface area (Å²) in [6, 6.07) is 7.04. The van der Waals surface area contributed by atoms with Gasteiger partial charge in [0, 0.05) is 51.0 Å². The molecule has 3 aliphatic rings. The lowest BCUT2D eigenvalue weighted by Gasteiger charge is -2.41. The molecule has 0 bridgehead atoms. The first kappa shape index (κ1) is 20.3. The Hall–Kier alpha value is -1.99. The predicted octanol–water partition coefficient (Wildman–Crippen LogP) is 1.89. The zero-order chi connectivity index (χ0) is 20.2. The van der Waals surface area contributed by atoms with Crippen LogP contribution in [0.5, 0.6) is 0 Å². The summed E-state index contributed by atoms with van der Waals surface area (Å²) in [5.41, 5.74) is 0.514. The van der Waals surface area contributed by atoms with E-state index in [-0.39, 0.29) is 36.6 Å². The molecule has 1 aromatic rings. The van der Waals surface area contributed by atoms with Gasteiger partial charge in [0.25, 0.3) is 0 Å². The van der Waals surface area contributed by atoms with E-state index < -0.39 is 0 Å². The van der Waals surface area contributed by atoms with Gasteiger partial charge in [-0.3, -0.25) is 14.5 Å². The molecule has 2 amide bonds. The SMILES string of the molecule is O=C1CN(C(=O)C2CCCN(C3CCOCC3)C2)CCN1Cc1ccccc1F. The molecule has 0 aliphatic carbocycles. The molecule has 7 heteroatoms. The third-order valence-corrected chi connectivity index (χ3v) is 6.46. The Morgan fingerprint density at radius 1 is 1.10 bits per heavy atom. The zero-order valence-electron chi connectivity index (χ0n) is 16.9. The number of amides is 2. The van der Waals surface area contributed by atoms with E-state index in [4.69, 9.17) is 4.74 Å². The molecule has 158 valence electrons. The summed E-state index contributed by atoms with van der Waals surface area (Å²) in [6.07, 6.45) is 3.99. The Balaban J connectivity index is 1.32. The Labute approximate surface area is 171 Å². The molecule has 3 heterocycles. The van der Waals surface area contributed by atoms with Crippen molar-refractivity contribution in [1.82, 2.24) is 14.7 Å². The molecule has 29 heavy (non-hydrogen) atoms. The van der Waals surface area contributed by atoms with Gasteiger partial charge in [0.15, 0.2) is 0 Å². The van der Waals surface area contributed by atoms with Crippen molar-refractivity contribution < 1.29 is 18.7 Å². The Bertz CT molecular complexity index is 738. The molecular weight excluding hydrogens is 373 g/mol. The fourth-order valence-corrected chi connectivity index (χ4v) is 4.74. The number of halogens is 1. The summed E-state index contributed by atoms with van der Waals surface area (Å²) < 4.78 is 19.4. The van der Waals surface area contributed by atoms with Crippen LogP contribution in [0.2, 0.25) is 0 Å². The average Bonchev–Trinajstić information content (AvgIpc) is 2.77. The fraction of sp³-hybridized carbons (Fsp3) is 0.636. The minimum atomic E-state index is -0.297. The molecule has 3 fully saturated rings. The van der Waals surface area contributed by atoms with Gasteiger partial charge in [-0.2, -0.15) is 0 Å². The zero-order valence-corrected chi connectivity index (χ0v) is 16.9. The summed E-state index contributed by atoms with van der Waals surface area (Å²) in [7, 11) is 0. The summed E-state index contributed by atoms with van der Waals surface area (Å²) >= 11 is 0. The maximum Gasteiger partial charge on any atom is 0.242 e. The quantitative estimate of drug-likeness (QED) is 0.771. The van der Waals surface area contributed by atoms with Crippen LogP contribution in [0.1, 0.15) is 31.2 Å². The molecule has 1 atom stereocenters. The van der Waals surface area contributed by atoms with Crippen molar-refractivity contribution >= 4 is 11.8 Å². The number of piperidine rings is 1. The number of carbonyl (C=O) groups excluding carboxylic acids is 2. The lowest BCUT2D eigenvalue weighted by Crippen LogP contribution is -2.55. The first-order valence-electron chi connectivity index (χ1n) is 10.7. The van der Waals surface area contributed by atoms with E-state index in [0.29, 0.717) is 24.7 Å². The fourth-order valence-electron chi connectivity index (χ4n) is 4.74. The van der Waals surface area contributed by atoms with Gasteiger partial charge in [-0.25, -0.2) is 4.39 Å². The second kappa shape index (κ2) is 9.22. The van der Waals surface area contributed by atoms with E-state index in [1.807, 2.05) is 0 Å². The van der Waals surface area contributed by atoms with Crippen molar-refractivity contribution in [2.45, 2.75) is 38.3 Å². The van der Waals surface area contributed by atoms with Crippen LogP contribution in [0, 0.1) is 11.7 Å². The number of piperazine rings is 1. The monoisotopic (exact) mass is 403 g/mol. The Kier molecular flexibility index (Phi) is 6.45. The second-order valence-corrected chi connectivity index (χ2v) is 8.34. The van der Waals surface area contributed by atoms with Gasteiger partial charge in [0.05, 0.1) is 12.5 Å². The van der Waals surface area contributed by atoms with Gasteiger partial charge < -0.3 is 14.5 Å². The van der Waals surface area contributed by atoms with Crippen LogP contribution in [0.15, 0.2) is 24.3 Å². The molecule has 1 unspecified atom stereocenters. The number of rotatable bonds is 4. The minimum absolute atomic E-state index is 0.0301. The van der Waals surface area contributed by atoms with E-state index in [2.05, 4.69) is 4.90 Å². The van der Waals surface area contributed by atoms with Gasteiger partial charge in [-0.15, -0.1) is 0 Å². The maximum absolute atomic E-state index is 13.9. The number of benzene rings is 1. The van der Waals surface area contributed by atoms with Crippen molar-refractivity contribution in [1.29, 1.82) is 0 Å². The van der Waals surface area contributed by atoms with Gasteiger partial charge in [0.2, 0.25) is 11.8 Å². The first-order valence-corrected chi connectivity index (χ1v) is 10.7. The van der Waals surface area contributed by atoms with E-state index >= 15 is 0 Å². The highest BCUT2D eigenvalue weighted by atomic mass is 19.1. The van der Waals surface area contributed by atoms with Crippen LogP contribution in [0.25, 0.3) is 0 Å². The van der Waals surface area contributed by atoms with Gasteiger partial charge in [-0.05, 0) is 38.3 Å². The number of ether oxygens (including phenoxy) is 1. The molecular formula is C22H30FN3O3. The highest BCUT2D eigenvalue weighted by Gasteiger charge is 2.35. The molecule has 4 rings (SSSR count). The summed E-state index contributed by atoms with van der Waals surface area (Å²) in [5, 5.41) is 0. The van der Waals surface area contributed by atoms with Crippen molar-refractivity contribution in [3.63, 3.8) is 0 Å². The molecule has 3 saturated heterocycles. The topological polar surface area (TPSA) is 53.1 Å². The molecule has 0 N–H and O–H groups in total. The number of hydrogen-bond donors (Lipinski definition) is 0. The lowest BCUT2D eigenvalue weighted by atomic mass is 9.93. The van der Waals surface area contributed by atoms with Crippen molar-refractivity contribution in [2.75, 3.05) is 45.9 Å². The molecule has 1 aromatic carbocycles. The van der Waals surface area contributed by atoms with Crippen molar-refractivity contribution in [3.8, 4) is 0 Å². The first-order chi connectivity index (χ1) is 14.1. The van der Waals surface area contributed by atoms with E-state index in [1.165, 1.54) is 6.07 Å². The number of carbonyl (C=O) groups is 2. The summed E-state index contributed by atoms with van der Waals surface area (Å²) in [6.45, 7) is 4.77. The van der Waals surface area contributed by atoms with Gasteiger partial charge >= 0.3 is 0 Å². The van der Waals surface area contributed by atoms with Crippen LogP contribution in [0.3, 0.4) is 0 Å². The van der Waals surface area contributed by atoms with Gasteiger partial charge in [0.1, 0.15) is 5.82 Å². The van der Waals surface area contributed by atoms with Crippen molar-refractivity contribution in [3.05, 3.63) is 35.6 Å². The molecule has 6 nitrogen and oxygen atoms in total. The van der Waals surface area contributed by atoms with Crippen LogP contribution < -0.4 is 0 Å². The normalized spacial score (nSPS) is 24.7. The number of hydrogen-bond acceptors (Lipinski definition) is 4. The summed E-state index contributed by atoms with van der Waals surface area (Å²) in [5.74, 6) is -0.336. The third-order valence-electron chi connectivity index (χ3n) is 6.46. The minimum Gasteiger partial charge on any atom is -0.381 e. The van der Waals surface area contributed by atoms with Crippen LogP contribution >= 0.6 is 0 Å². The highest BCUT2D eigenvalue weighted by molar-refractivity contribution is 5.87. The van der Waals surface area contributed by atoms with Crippen LogP contribution in [-0.4, -0.2) is 78.5 Å². The molecule has 0 spiro atoms. The Morgan fingerprint density at radius 2 is 1.90 bits per heavy atom. The third kappa shape index (κ3) is 4.78. The predicted molar refractivity (Wildman–Crippen MR) is 107 cm³/mol.